The zero-order valence-electron chi connectivity index (χ0n) is 15.7. The van der Waals surface area contributed by atoms with Gasteiger partial charge in [-0.15, -0.1) is 5.10 Å². The molecule has 0 aliphatic carbocycles. The zero-order chi connectivity index (χ0) is 20.7. The highest BCUT2D eigenvalue weighted by Crippen LogP contribution is 2.31. The monoisotopic (exact) mass is 413 g/mol. The van der Waals surface area contributed by atoms with Crippen molar-refractivity contribution in [2.75, 3.05) is 26.3 Å². The summed E-state index contributed by atoms with van der Waals surface area (Å²) in [5.41, 5.74) is -0.248. The number of nitrogens with one attached hydrogen (secondary N) is 1. The maximum Gasteiger partial charge on any atom is 0.414 e. The Morgan fingerprint density at radius 1 is 1.28 bits per heavy atom. The number of hydrogen-bond donors (Lipinski definition) is 1. The van der Waals surface area contributed by atoms with Crippen LogP contribution < -0.4 is 5.32 Å². The molecule has 0 bridgehead atoms. The Bertz CT molecular complexity index is 779. The summed E-state index contributed by atoms with van der Waals surface area (Å²) in [6, 6.07) is 2.05. The molecule has 9 nitrogen and oxygen atoms in total. The maximum atomic E-state index is 13.3. The zero-order valence-corrected chi connectivity index (χ0v) is 15.7. The first-order valence-electron chi connectivity index (χ1n) is 9.25. The standard InChI is InChI=1S/C17H22F3N7O2/c18-17(19,20)16(13-4-1-2-6-21-13)22-15(28)5-3-7-27-14(23-24-25-27)12-26-8-10-29-11-9-26/h1-2,4,6,16H,3,5,7-12H2,(H,22,28). The lowest BCUT2D eigenvalue weighted by Gasteiger charge is -2.25. The largest absolute Gasteiger partial charge is 0.414 e. The van der Waals surface area contributed by atoms with Crippen LogP contribution in [0, 0.1) is 0 Å². The van der Waals surface area contributed by atoms with Crippen molar-refractivity contribution < 1.29 is 22.7 Å². The molecule has 3 rings (SSSR count). The van der Waals surface area contributed by atoms with Gasteiger partial charge in [-0.1, -0.05) is 6.07 Å². The number of aryl methyl sites for hydroxylation is 1. The lowest BCUT2D eigenvalue weighted by molar-refractivity contribution is -0.164. The molecule has 1 atom stereocenters. The predicted molar refractivity (Wildman–Crippen MR) is 94.3 cm³/mol. The number of carbonyl (C=O) groups is 1. The third-order valence-electron chi connectivity index (χ3n) is 4.46. The summed E-state index contributed by atoms with van der Waals surface area (Å²) in [5.74, 6) is -0.0604. The molecule has 158 valence electrons. The SMILES string of the molecule is O=C(CCCn1nnnc1CN1CCOCC1)NC(c1ccccn1)C(F)(F)F. The van der Waals surface area contributed by atoms with Crippen LogP contribution in [-0.2, 0) is 22.6 Å². The maximum absolute atomic E-state index is 13.3. The van der Waals surface area contributed by atoms with E-state index in [9.17, 15) is 18.0 Å². The van der Waals surface area contributed by atoms with Crippen LogP contribution in [0.25, 0.3) is 0 Å². The van der Waals surface area contributed by atoms with Gasteiger partial charge in [0.15, 0.2) is 11.9 Å². The second-order valence-electron chi connectivity index (χ2n) is 6.61. The summed E-state index contributed by atoms with van der Waals surface area (Å²) in [6.07, 6.45) is -3.16. The Morgan fingerprint density at radius 2 is 2.07 bits per heavy atom. The van der Waals surface area contributed by atoms with Gasteiger partial charge >= 0.3 is 6.18 Å². The van der Waals surface area contributed by atoms with Crippen molar-refractivity contribution in [2.24, 2.45) is 0 Å². The fraction of sp³-hybridized carbons (Fsp3) is 0.588. The van der Waals surface area contributed by atoms with Crippen LogP contribution in [0.5, 0.6) is 0 Å². The Balaban J connectivity index is 1.50. The molecule has 1 amide bonds. The molecule has 3 heterocycles. The molecule has 1 fully saturated rings. The van der Waals surface area contributed by atoms with Crippen LogP contribution in [0.1, 0.15) is 30.4 Å². The second-order valence-corrected chi connectivity index (χ2v) is 6.61. The molecule has 0 radical (unpaired) electrons. The smallest absolute Gasteiger partial charge is 0.379 e. The average molecular weight is 413 g/mol. The molecule has 1 aliphatic rings. The van der Waals surface area contributed by atoms with E-state index >= 15 is 0 Å². The Hall–Kier alpha value is -2.60. The van der Waals surface area contributed by atoms with Gasteiger partial charge in [-0.25, -0.2) is 4.68 Å². The van der Waals surface area contributed by atoms with E-state index < -0.39 is 18.1 Å². The third-order valence-corrected chi connectivity index (χ3v) is 4.46. The molecule has 1 aliphatic heterocycles. The van der Waals surface area contributed by atoms with Crippen LogP contribution in [0.2, 0.25) is 0 Å². The molecule has 0 saturated carbocycles. The Morgan fingerprint density at radius 3 is 2.76 bits per heavy atom. The number of morpholine rings is 1. The van der Waals surface area contributed by atoms with Gasteiger partial charge in [-0.2, -0.15) is 13.2 Å². The molecule has 1 unspecified atom stereocenters. The van der Waals surface area contributed by atoms with Crippen molar-refractivity contribution in [3.63, 3.8) is 0 Å². The average Bonchev–Trinajstić information content (AvgIpc) is 3.13. The van der Waals surface area contributed by atoms with Crippen LogP contribution in [0.3, 0.4) is 0 Å². The summed E-state index contributed by atoms with van der Waals surface area (Å²) in [7, 11) is 0. The summed E-state index contributed by atoms with van der Waals surface area (Å²) in [4.78, 5) is 17.9. The molecule has 0 spiro atoms. The number of hydrogen-bond acceptors (Lipinski definition) is 7. The molecular formula is C17H22F3N7O2. The van der Waals surface area contributed by atoms with E-state index in [-0.39, 0.29) is 12.1 Å². The summed E-state index contributed by atoms with van der Waals surface area (Å²) in [5, 5.41) is 13.6. The van der Waals surface area contributed by atoms with Gasteiger partial charge in [0.2, 0.25) is 5.91 Å². The van der Waals surface area contributed by atoms with Gasteiger partial charge in [0.25, 0.3) is 0 Å². The molecule has 12 heteroatoms. The topological polar surface area (TPSA) is 98.1 Å². The van der Waals surface area contributed by atoms with Crippen LogP contribution in [0.15, 0.2) is 24.4 Å². The Labute approximate surface area is 165 Å². The predicted octanol–water partition coefficient (Wildman–Crippen LogP) is 1.10. The molecular weight excluding hydrogens is 391 g/mol. The van der Waals surface area contributed by atoms with Gasteiger partial charge in [0, 0.05) is 32.3 Å². The summed E-state index contributed by atoms with van der Waals surface area (Å²) in [6.45, 7) is 3.75. The minimum atomic E-state index is -4.63. The van der Waals surface area contributed by atoms with Crippen molar-refractivity contribution in [1.29, 1.82) is 0 Å². The number of aromatic nitrogens is 5. The first-order valence-corrected chi connectivity index (χ1v) is 9.25. The molecule has 29 heavy (non-hydrogen) atoms. The quantitative estimate of drug-likeness (QED) is 0.692. The number of carbonyl (C=O) groups excluding carboxylic acids is 1. The normalized spacial score (nSPS) is 16.5. The molecule has 2 aromatic rings. The van der Waals surface area contributed by atoms with Crippen molar-refractivity contribution in [3.8, 4) is 0 Å². The number of halogens is 3. The van der Waals surface area contributed by atoms with Crippen molar-refractivity contribution in [2.45, 2.75) is 38.1 Å². The van der Waals surface area contributed by atoms with Crippen LogP contribution in [0.4, 0.5) is 13.2 Å². The second kappa shape index (κ2) is 9.74. The molecule has 1 N–H and O–H groups in total. The number of nitrogens with zero attached hydrogens (tertiary/aromatic N) is 6. The first kappa shape index (κ1) is 21.1. The Kier molecular flexibility index (Phi) is 7.09. The molecule has 0 aromatic carbocycles. The highest BCUT2D eigenvalue weighted by atomic mass is 19.4. The molecule has 2 aromatic heterocycles. The van der Waals surface area contributed by atoms with E-state index in [0.717, 1.165) is 13.1 Å². The van der Waals surface area contributed by atoms with Crippen molar-refractivity contribution in [1.82, 2.24) is 35.4 Å². The van der Waals surface area contributed by atoms with Crippen LogP contribution >= 0.6 is 0 Å². The number of tetrazole rings is 1. The highest BCUT2D eigenvalue weighted by molar-refractivity contribution is 5.76. The number of pyridine rings is 1. The lowest BCUT2D eigenvalue weighted by Crippen LogP contribution is -2.38. The summed E-state index contributed by atoms with van der Waals surface area (Å²) < 4.78 is 46.7. The van der Waals surface area contributed by atoms with E-state index in [4.69, 9.17) is 4.74 Å². The third kappa shape index (κ3) is 6.19. The van der Waals surface area contributed by atoms with Crippen LogP contribution in [-0.4, -0.2) is 68.5 Å². The number of alkyl halides is 3. The fourth-order valence-corrected chi connectivity index (χ4v) is 2.96. The highest BCUT2D eigenvalue weighted by Gasteiger charge is 2.42. The van der Waals surface area contributed by atoms with Gasteiger partial charge in [0.05, 0.1) is 25.5 Å². The fourth-order valence-electron chi connectivity index (χ4n) is 2.96. The van der Waals surface area contributed by atoms with Gasteiger partial charge in [-0.05, 0) is 29.0 Å². The van der Waals surface area contributed by atoms with E-state index in [2.05, 4.69) is 25.4 Å². The van der Waals surface area contributed by atoms with Gasteiger partial charge in [-0.3, -0.25) is 14.7 Å². The summed E-state index contributed by atoms with van der Waals surface area (Å²) >= 11 is 0. The minimum absolute atomic E-state index is 0.0870. The van der Waals surface area contributed by atoms with Gasteiger partial charge < -0.3 is 10.1 Å². The van der Waals surface area contributed by atoms with E-state index in [1.807, 2.05) is 5.32 Å². The minimum Gasteiger partial charge on any atom is -0.379 e. The lowest BCUT2D eigenvalue weighted by atomic mass is 10.1. The van der Waals surface area contributed by atoms with E-state index in [1.54, 1.807) is 4.68 Å². The van der Waals surface area contributed by atoms with E-state index in [1.165, 1.54) is 24.4 Å². The number of rotatable bonds is 8. The van der Waals surface area contributed by atoms with Crippen molar-refractivity contribution >= 4 is 5.91 Å². The number of amides is 1. The first-order chi connectivity index (χ1) is 13.9. The van der Waals surface area contributed by atoms with Gasteiger partial charge in [0.1, 0.15) is 0 Å². The number of ether oxygens (including phenoxy) is 1. The van der Waals surface area contributed by atoms with E-state index in [0.29, 0.717) is 38.5 Å². The molecule has 1 saturated heterocycles. The van der Waals surface area contributed by atoms with Crippen molar-refractivity contribution in [3.05, 3.63) is 35.9 Å².